The van der Waals surface area contributed by atoms with Crippen molar-refractivity contribution < 1.29 is 4.52 Å². The molecule has 8 heteroatoms. The van der Waals surface area contributed by atoms with Crippen LogP contribution in [0.2, 0.25) is 0 Å². The average Bonchev–Trinajstić information content (AvgIpc) is 3.60. The molecule has 1 saturated carbocycles. The summed E-state index contributed by atoms with van der Waals surface area (Å²) in [6.45, 7) is 7.41. The van der Waals surface area contributed by atoms with Crippen LogP contribution in [0.25, 0.3) is 22.6 Å². The maximum atomic E-state index is 5.69. The third kappa shape index (κ3) is 4.35. The lowest BCUT2D eigenvalue weighted by Gasteiger charge is -2.27. The fourth-order valence-electron chi connectivity index (χ4n) is 4.19. The van der Waals surface area contributed by atoms with Crippen molar-refractivity contribution in [3.8, 4) is 22.6 Å². The zero-order chi connectivity index (χ0) is 23.7. The first kappa shape index (κ1) is 22.0. The lowest BCUT2D eigenvalue weighted by Crippen LogP contribution is -2.28. The van der Waals surface area contributed by atoms with Crippen LogP contribution in [-0.4, -0.2) is 31.6 Å². The third-order valence-corrected chi connectivity index (χ3v) is 6.48. The van der Waals surface area contributed by atoms with Crippen LogP contribution in [-0.2, 0) is 5.41 Å². The van der Waals surface area contributed by atoms with Crippen LogP contribution in [0.3, 0.4) is 0 Å². The summed E-state index contributed by atoms with van der Waals surface area (Å²) in [6.07, 6.45) is 7.54. The zero-order valence-corrected chi connectivity index (χ0v) is 19.7. The van der Waals surface area contributed by atoms with Gasteiger partial charge in [0.15, 0.2) is 5.82 Å². The van der Waals surface area contributed by atoms with Crippen LogP contribution in [0.15, 0.2) is 59.5 Å². The van der Waals surface area contributed by atoms with Gasteiger partial charge in [-0.2, -0.15) is 4.98 Å². The first-order chi connectivity index (χ1) is 16.4. The van der Waals surface area contributed by atoms with E-state index in [1.165, 1.54) is 0 Å². The Morgan fingerprint density at radius 1 is 0.971 bits per heavy atom. The van der Waals surface area contributed by atoms with E-state index in [9.17, 15) is 0 Å². The van der Waals surface area contributed by atoms with Crippen LogP contribution in [0.4, 0.5) is 11.8 Å². The van der Waals surface area contributed by atoms with Gasteiger partial charge in [-0.05, 0) is 54.9 Å². The second-order valence-electron chi connectivity index (χ2n) is 9.51. The molecule has 1 unspecified atom stereocenters. The molecule has 3 heterocycles. The fraction of sp³-hybridized carbons (Fsp3) is 0.346. The van der Waals surface area contributed by atoms with E-state index < -0.39 is 0 Å². The van der Waals surface area contributed by atoms with E-state index in [0.29, 0.717) is 23.6 Å². The molecule has 174 valence electrons. The number of hydrogen-bond donors (Lipinski definition) is 2. The Bertz CT molecular complexity index is 1250. The average molecular weight is 456 g/mol. The number of nitrogens with one attached hydrogen (secondary N) is 1. The minimum atomic E-state index is -0.329. The Morgan fingerprint density at radius 2 is 1.65 bits per heavy atom. The molecule has 0 amide bonds. The van der Waals surface area contributed by atoms with Gasteiger partial charge in [0.05, 0.1) is 11.0 Å². The van der Waals surface area contributed by atoms with Crippen molar-refractivity contribution in [1.82, 2.24) is 25.1 Å². The summed E-state index contributed by atoms with van der Waals surface area (Å²) < 4.78 is 5.69. The number of nitrogens with two attached hydrogens (primary N) is 1. The van der Waals surface area contributed by atoms with E-state index in [2.05, 4.69) is 70.5 Å². The highest BCUT2D eigenvalue weighted by Crippen LogP contribution is 2.50. The highest BCUT2D eigenvalue weighted by Gasteiger charge is 2.47. The smallest absolute Gasteiger partial charge is 0.259 e. The topological polar surface area (TPSA) is 116 Å². The van der Waals surface area contributed by atoms with Gasteiger partial charge < -0.3 is 15.6 Å². The lowest BCUT2D eigenvalue weighted by atomic mass is 9.76. The number of benzene rings is 1. The molecule has 0 saturated heterocycles. The van der Waals surface area contributed by atoms with Gasteiger partial charge in [0.25, 0.3) is 5.89 Å². The molecule has 0 bridgehead atoms. The molecule has 1 aromatic carbocycles. The standard InChI is InChI=1S/C26H29N7O/c1-16(2)12-28-22-11-6-18(13-29-22)23-32-24(33-34-23)26(3,21-9-10-21)20-7-4-17(5-8-20)19-14-30-25(27)31-15-19/h4-8,11,13-16,21H,9-10,12H2,1-3H3,(H,28,29)(H2,27,30,31). The highest BCUT2D eigenvalue weighted by molar-refractivity contribution is 5.63. The van der Waals surface area contributed by atoms with Crippen molar-refractivity contribution >= 4 is 11.8 Å². The zero-order valence-electron chi connectivity index (χ0n) is 19.7. The summed E-state index contributed by atoms with van der Waals surface area (Å²) in [5.41, 5.74) is 9.22. The Hall–Kier alpha value is -3.81. The molecular weight excluding hydrogens is 426 g/mol. The van der Waals surface area contributed by atoms with E-state index in [4.69, 9.17) is 15.2 Å². The van der Waals surface area contributed by atoms with Crippen molar-refractivity contribution in [3.63, 3.8) is 0 Å². The normalized spacial score (nSPS) is 15.3. The first-order valence-corrected chi connectivity index (χ1v) is 11.7. The Labute approximate surface area is 199 Å². The monoisotopic (exact) mass is 455 g/mol. The lowest BCUT2D eigenvalue weighted by molar-refractivity contribution is 0.386. The summed E-state index contributed by atoms with van der Waals surface area (Å²) >= 11 is 0. The number of pyridine rings is 1. The molecule has 8 nitrogen and oxygen atoms in total. The summed E-state index contributed by atoms with van der Waals surface area (Å²) in [4.78, 5) is 17.5. The summed E-state index contributed by atoms with van der Waals surface area (Å²) in [6, 6.07) is 12.3. The molecular formula is C26H29N7O. The van der Waals surface area contributed by atoms with Crippen LogP contribution in [0.5, 0.6) is 0 Å². The summed E-state index contributed by atoms with van der Waals surface area (Å²) in [5.74, 6) is 3.33. The molecule has 0 aliphatic heterocycles. The van der Waals surface area contributed by atoms with Crippen molar-refractivity contribution in [3.05, 3.63) is 66.4 Å². The molecule has 5 rings (SSSR count). The van der Waals surface area contributed by atoms with Crippen LogP contribution >= 0.6 is 0 Å². The molecule has 0 radical (unpaired) electrons. The molecule has 0 spiro atoms. The van der Waals surface area contributed by atoms with Gasteiger partial charge in [0, 0.05) is 30.7 Å². The van der Waals surface area contributed by atoms with Crippen LogP contribution in [0.1, 0.15) is 45.0 Å². The van der Waals surface area contributed by atoms with Crippen molar-refractivity contribution in [2.75, 3.05) is 17.6 Å². The van der Waals surface area contributed by atoms with Gasteiger partial charge in [-0.1, -0.05) is 43.3 Å². The summed E-state index contributed by atoms with van der Waals surface area (Å²) in [5, 5.41) is 7.74. The van der Waals surface area contributed by atoms with Gasteiger partial charge >= 0.3 is 0 Å². The summed E-state index contributed by atoms with van der Waals surface area (Å²) in [7, 11) is 0. The van der Waals surface area contributed by atoms with E-state index in [0.717, 1.165) is 47.5 Å². The van der Waals surface area contributed by atoms with E-state index in [1.54, 1.807) is 18.6 Å². The molecule has 3 aromatic heterocycles. The van der Waals surface area contributed by atoms with E-state index >= 15 is 0 Å². The maximum Gasteiger partial charge on any atom is 0.259 e. The molecule has 34 heavy (non-hydrogen) atoms. The van der Waals surface area contributed by atoms with E-state index in [-0.39, 0.29) is 11.4 Å². The predicted octanol–water partition coefficient (Wildman–Crippen LogP) is 4.95. The van der Waals surface area contributed by atoms with Crippen molar-refractivity contribution in [2.45, 2.75) is 39.0 Å². The molecule has 3 N–H and O–H groups in total. The van der Waals surface area contributed by atoms with Crippen molar-refractivity contribution in [2.24, 2.45) is 11.8 Å². The minimum Gasteiger partial charge on any atom is -0.370 e. The number of nitrogens with zero attached hydrogens (tertiary/aromatic N) is 5. The number of anilines is 2. The molecule has 1 aliphatic carbocycles. The van der Waals surface area contributed by atoms with Gasteiger partial charge in [-0.3, -0.25) is 0 Å². The number of hydrogen-bond acceptors (Lipinski definition) is 8. The Kier molecular flexibility index (Phi) is 5.73. The molecule has 1 fully saturated rings. The van der Waals surface area contributed by atoms with Crippen LogP contribution in [0, 0.1) is 11.8 Å². The maximum absolute atomic E-state index is 5.69. The second-order valence-corrected chi connectivity index (χ2v) is 9.51. The Morgan fingerprint density at radius 3 is 2.26 bits per heavy atom. The first-order valence-electron chi connectivity index (χ1n) is 11.7. The van der Waals surface area contributed by atoms with Crippen LogP contribution < -0.4 is 11.1 Å². The number of aromatic nitrogens is 5. The molecule has 1 atom stereocenters. The Balaban J connectivity index is 1.40. The van der Waals surface area contributed by atoms with Gasteiger partial charge in [-0.25, -0.2) is 15.0 Å². The predicted molar refractivity (Wildman–Crippen MR) is 132 cm³/mol. The van der Waals surface area contributed by atoms with Gasteiger partial charge in [0.1, 0.15) is 5.82 Å². The quantitative estimate of drug-likeness (QED) is 0.383. The van der Waals surface area contributed by atoms with Gasteiger partial charge in [0.2, 0.25) is 5.95 Å². The minimum absolute atomic E-state index is 0.270. The van der Waals surface area contributed by atoms with Crippen molar-refractivity contribution in [1.29, 1.82) is 0 Å². The fourth-order valence-corrected chi connectivity index (χ4v) is 4.19. The highest BCUT2D eigenvalue weighted by atomic mass is 16.5. The largest absolute Gasteiger partial charge is 0.370 e. The molecule has 1 aliphatic rings. The number of rotatable bonds is 8. The SMILES string of the molecule is CC(C)CNc1ccc(-c2nc(C(C)(c3ccc(-c4cnc(N)nc4)cc3)C3CC3)no2)cn1. The second kappa shape index (κ2) is 8.85. The third-order valence-electron chi connectivity index (χ3n) is 6.48. The molecule has 4 aromatic rings. The van der Waals surface area contributed by atoms with Gasteiger partial charge in [-0.15, -0.1) is 0 Å². The van der Waals surface area contributed by atoms with E-state index in [1.807, 2.05) is 12.1 Å². The number of nitrogen functional groups attached to an aromatic ring is 1.